The fraction of sp³-hybridized carbons (Fsp3) is 0.333. The Morgan fingerprint density at radius 3 is 2.53 bits per heavy atom. The molecule has 1 aliphatic carbocycles. The van der Waals surface area contributed by atoms with Crippen molar-refractivity contribution in [3.63, 3.8) is 0 Å². The van der Waals surface area contributed by atoms with E-state index in [-0.39, 0.29) is 0 Å². The maximum Gasteiger partial charge on any atom is 0.119 e. The Labute approximate surface area is 214 Å². The summed E-state index contributed by atoms with van der Waals surface area (Å²) in [5.41, 5.74) is 12.1. The lowest BCUT2D eigenvalue weighted by Gasteiger charge is -2.25. The highest BCUT2D eigenvalue weighted by Crippen LogP contribution is 2.42. The molecule has 36 heavy (non-hydrogen) atoms. The van der Waals surface area contributed by atoms with Gasteiger partial charge in [-0.15, -0.1) is 0 Å². The predicted octanol–water partition coefficient (Wildman–Crippen LogP) is 7.77. The lowest BCUT2D eigenvalue weighted by atomic mass is 9.86. The monoisotopic (exact) mass is 476 g/mol. The summed E-state index contributed by atoms with van der Waals surface area (Å²) in [6.07, 6.45) is 7.30. The van der Waals surface area contributed by atoms with E-state index in [0.29, 0.717) is 0 Å². The highest BCUT2D eigenvalue weighted by Gasteiger charge is 2.22. The fourth-order valence-corrected chi connectivity index (χ4v) is 6.19. The number of hydrogen-bond acceptors (Lipinski definition) is 2. The molecule has 3 heteroatoms. The molecule has 0 unspecified atom stereocenters. The van der Waals surface area contributed by atoms with Gasteiger partial charge in [-0.1, -0.05) is 42.8 Å². The van der Waals surface area contributed by atoms with Crippen molar-refractivity contribution in [2.24, 2.45) is 0 Å². The summed E-state index contributed by atoms with van der Waals surface area (Å²) in [7, 11) is 1.76. The number of allylic oxidation sites excluding steroid dienone is 1. The number of methoxy groups -OCH3 is 1. The Morgan fingerprint density at radius 2 is 1.69 bits per heavy atom. The van der Waals surface area contributed by atoms with Crippen molar-refractivity contribution in [2.45, 2.75) is 52.0 Å². The summed E-state index contributed by atoms with van der Waals surface area (Å²) in [6.45, 7) is 5.69. The highest BCUT2D eigenvalue weighted by molar-refractivity contribution is 6.02. The standard InChI is InChI=1S/C33H36N2O/c1-23-9-4-5-11-29(23)31-12-8-10-24-21-28(36-2)14-15-30(24)33(31)25-13-16-32-26(19-25)20-27(34-32)22-35-17-6-3-7-18-35/h4-5,9,11,13-16,19-21,34H,3,6-8,10,12,17-18,22H2,1-2H3. The lowest BCUT2D eigenvalue weighted by Crippen LogP contribution is -2.29. The van der Waals surface area contributed by atoms with Crippen molar-refractivity contribution in [3.05, 3.63) is 100 Å². The maximum absolute atomic E-state index is 5.59. The number of ether oxygens (including phenoxy) is 1. The Hall–Kier alpha value is -3.30. The highest BCUT2D eigenvalue weighted by atomic mass is 16.5. The summed E-state index contributed by atoms with van der Waals surface area (Å²) in [5, 5.41) is 1.30. The summed E-state index contributed by atoms with van der Waals surface area (Å²) >= 11 is 0. The van der Waals surface area contributed by atoms with E-state index >= 15 is 0 Å². The van der Waals surface area contributed by atoms with E-state index in [2.05, 4.69) is 83.5 Å². The van der Waals surface area contributed by atoms with Gasteiger partial charge in [-0.2, -0.15) is 0 Å². The number of aryl methyl sites for hydroxylation is 2. The molecule has 184 valence electrons. The number of nitrogens with one attached hydrogen (secondary N) is 1. The van der Waals surface area contributed by atoms with E-state index in [1.807, 2.05) is 0 Å². The summed E-state index contributed by atoms with van der Waals surface area (Å²) < 4.78 is 5.59. The molecule has 2 aliphatic rings. The van der Waals surface area contributed by atoms with Crippen LogP contribution in [0.1, 0.15) is 65.6 Å². The van der Waals surface area contributed by atoms with Gasteiger partial charge < -0.3 is 9.72 Å². The van der Waals surface area contributed by atoms with Crippen LogP contribution in [0.3, 0.4) is 0 Å². The Balaban J connectivity index is 1.48. The molecular weight excluding hydrogens is 440 g/mol. The Morgan fingerprint density at radius 1 is 0.833 bits per heavy atom. The average Bonchev–Trinajstić information content (AvgIpc) is 3.21. The zero-order valence-corrected chi connectivity index (χ0v) is 21.6. The third-order valence-corrected chi connectivity index (χ3v) is 8.03. The van der Waals surface area contributed by atoms with Crippen molar-refractivity contribution >= 4 is 22.0 Å². The first kappa shape index (κ1) is 23.1. The molecule has 1 fully saturated rings. The minimum absolute atomic E-state index is 0.941. The SMILES string of the molecule is COc1ccc2c(c1)CCCC(c1ccccc1C)=C2c1ccc2[nH]c(CN3CCCCC3)cc2c1. The third kappa shape index (κ3) is 4.49. The molecule has 1 saturated heterocycles. The molecule has 1 aliphatic heterocycles. The fourth-order valence-electron chi connectivity index (χ4n) is 6.19. The van der Waals surface area contributed by atoms with Gasteiger partial charge in [0.2, 0.25) is 0 Å². The zero-order chi connectivity index (χ0) is 24.5. The van der Waals surface area contributed by atoms with Crippen LogP contribution >= 0.6 is 0 Å². The number of aromatic nitrogens is 1. The largest absolute Gasteiger partial charge is 0.497 e. The number of nitrogens with zero attached hydrogens (tertiary/aromatic N) is 1. The Kier molecular flexibility index (Phi) is 6.41. The number of rotatable bonds is 5. The molecule has 0 saturated carbocycles. The van der Waals surface area contributed by atoms with Crippen LogP contribution < -0.4 is 4.74 Å². The predicted molar refractivity (Wildman–Crippen MR) is 150 cm³/mol. The molecule has 0 spiro atoms. The normalized spacial score (nSPS) is 16.7. The molecule has 2 heterocycles. The van der Waals surface area contributed by atoms with Gasteiger partial charge in [0.15, 0.2) is 0 Å². The van der Waals surface area contributed by atoms with Gasteiger partial charge in [-0.25, -0.2) is 0 Å². The molecule has 3 nitrogen and oxygen atoms in total. The molecule has 0 amide bonds. The van der Waals surface area contributed by atoms with E-state index in [9.17, 15) is 0 Å². The van der Waals surface area contributed by atoms with Crippen LogP contribution in [-0.2, 0) is 13.0 Å². The minimum atomic E-state index is 0.941. The summed E-state index contributed by atoms with van der Waals surface area (Å²) in [5.74, 6) is 0.941. The second-order valence-corrected chi connectivity index (χ2v) is 10.5. The van der Waals surface area contributed by atoms with E-state index in [1.165, 1.54) is 87.9 Å². The number of hydrogen-bond donors (Lipinski definition) is 1. The number of piperidine rings is 1. The van der Waals surface area contributed by atoms with E-state index in [4.69, 9.17) is 4.74 Å². The van der Waals surface area contributed by atoms with Gasteiger partial charge in [0.25, 0.3) is 0 Å². The van der Waals surface area contributed by atoms with Crippen LogP contribution in [0.25, 0.3) is 22.0 Å². The van der Waals surface area contributed by atoms with Crippen LogP contribution in [-0.4, -0.2) is 30.1 Å². The second kappa shape index (κ2) is 9.99. The van der Waals surface area contributed by atoms with Crippen molar-refractivity contribution in [1.82, 2.24) is 9.88 Å². The first-order valence-electron chi connectivity index (χ1n) is 13.5. The average molecular weight is 477 g/mol. The number of benzene rings is 3. The molecule has 1 aromatic heterocycles. The van der Waals surface area contributed by atoms with Gasteiger partial charge in [0, 0.05) is 23.1 Å². The van der Waals surface area contributed by atoms with Crippen molar-refractivity contribution in [1.29, 1.82) is 0 Å². The van der Waals surface area contributed by atoms with Gasteiger partial charge in [-0.3, -0.25) is 4.90 Å². The van der Waals surface area contributed by atoms with Crippen LogP contribution in [0.2, 0.25) is 0 Å². The summed E-state index contributed by atoms with van der Waals surface area (Å²) in [4.78, 5) is 6.28. The quantitative estimate of drug-likeness (QED) is 0.319. The number of fused-ring (bicyclic) bond motifs is 2. The molecule has 6 rings (SSSR count). The smallest absolute Gasteiger partial charge is 0.119 e. The van der Waals surface area contributed by atoms with Crippen LogP contribution in [0, 0.1) is 6.92 Å². The Bertz CT molecular complexity index is 1420. The molecule has 0 bridgehead atoms. The van der Waals surface area contributed by atoms with Crippen molar-refractivity contribution in [2.75, 3.05) is 20.2 Å². The molecule has 3 aromatic carbocycles. The maximum atomic E-state index is 5.59. The first-order valence-corrected chi connectivity index (χ1v) is 13.5. The van der Waals surface area contributed by atoms with Crippen molar-refractivity contribution < 1.29 is 4.74 Å². The van der Waals surface area contributed by atoms with Crippen LogP contribution in [0.4, 0.5) is 0 Å². The molecular formula is C33H36N2O. The molecule has 1 N–H and O–H groups in total. The summed E-state index contributed by atoms with van der Waals surface area (Å²) in [6, 6.07) is 24.8. The third-order valence-electron chi connectivity index (χ3n) is 8.03. The molecule has 4 aromatic rings. The van der Waals surface area contributed by atoms with Crippen LogP contribution in [0.15, 0.2) is 66.7 Å². The first-order chi connectivity index (χ1) is 17.7. The molecule has 0 radical (unpaired) electrons. The lowest BCUT2D eigenvalue weighted by molar-refractivity contribution is 0.219. The van der Waals surface area contributed by atoms with Gasteiger partial charge in [0.1, 0.15) is 5.75 Å². The minimum Gasteiger partial charge on any atom is -0.497 e. The van der Waals surface area contributed by atoms with Gasteiger partial charge in [-0.05, 0) is 121 Å². The topological polar surface area (TPSA) is 28.3 Å². The zero-order valence-electron chi connectivity index (χ0n) is 21.6. The molecule has 0 atom stereocenters. The van der Waals surface area contributed by atoms with Crippen LogP contribution in [0.5, 0.6) is 5.75 Å². The van der Waals surface area contributed by atoms with Gasteiger partial charge in [0.05, 0.1) is 7.11 Å². The van der Waals surface area contributed by atoms with E-state index in [0.717, 1.165) is 31.6 Å². The van der Waals surface area contributed by atoms with E-state index in [1.54, 1.807) is 7.11 Å². The number of likely N-dealkylation sites (tertiary alicyclic amines) is 1. The van der Waals surface area contributed by atoms with Gasteiger partial charge >= 0.3 is 0 Å². The second-order valence-electron chi connectivity index (χ2n) is 10.5. The number of aromatic amines is 1. The number of H-pyrrole nitrogens is 1. The van der Waals surface area contributed by atoms with Crippen molar-refractivity contribution in [3.8, 4) is 5.75 Å². The van der Waals surface area contributed by atoms with E-state index < -0.39 is 0 Å².